The van der Waals surface area contributed by atoms with Gasteiger partial charge in [0.05, 0.1) is 12.2 Å². The highest BCUT2D eigenvalue weighted by atomic mass is 19.4. The summed E-state index contributed by atoms with van der Waals surface area (Å²) in [6.45, 7) is 1.24. The first-order valence-electron chi connectivity index (χ1n) is 10.2. The van der Waals surface area contributed by atoms with E-state index in [0.29, 0.717) is 35.8 Å². The molecule has 29 heavy (non-hydrogen) atoms. The van der Waals surface area contributed by atoms with Crippen molar-refractivity contribution in [3.63, 3.8) is 0 Å². The molecule has 2 aromatic rings. The van der Waals surface area contributed by atoms with Gasteiger partial charge in [0.2, 0.25) is 0 Å². The Balaban J connectivity index is 1.36. The molecule has 0 unspecified atom stereocenters. The maximum atomic E-state index is 12.8. The average Bonchev–Trinajstić information content (AvgIpc) is 3.11. The van der Waals surface area contributed by atoms with Crippen LogP contribution < -0.4 is 4.74 Å². The van der Waals surface area contributed by atoms with E-state index >= 15 is 0 Å². The van der Waals surface area contributed by atoms with E-state index in [9.17, 15) is 18.0 Å². The number of piperidine rings is 1. The molecule has 0 spiro atoms. The summed E-state index contributed by atoms with van der Waals surface area (Å²) < 4.78 is 47.3. The van der Waals surface area contributed by atoms with Crippen molar-refractivity contribution in [1.29, 1.82) is 0 Å². The fourth-order valence-corrected chi connectivity index (χ4v) is 4.26. The minimum atomic E-state index is -4.75. The van der Waals surface area contributed by atoms with E-state index in [1.54, 1.807) is 11.0 Å². The number of hydrogen-bond donors (Lipinski definition) is 1. The van der Waals surface area contributed by atoms with Gasteiger partial charge in [-0.15, -0.1) is 13.2 Å². The van der Waals surface area contributed by atoms with Gasteiger partial charge in [-0.1, -0.05) is 19.3 Å². The third-order valence-corrected chi connectivity index (χ3v) is 5.72. The van der Waals surface area contributed by atoms with Crippen molar-refractivity contribution in [2.45, 2.75) is 63.5 Å². The second-order valence-electron chi connectivity index (χ2n) is 7.87. The number of aromatic nitrogens is 1. The van der Waals surface area contributed by atoms with Gasteiger partial charge in [0.1, 0.15) is 11.4 Å². The van der Waals surface area contributed by atoms with Crippen LogP contribution >= 0.6 is 0 Å². The second-order valence-corrected chi connectivity index (χ2v) is 7.87. The standard InChI is InChI=1S/C21H25F3N2O3/c22-21(23,24)29-17-7-6-14-12-19(25-18(14)13-17)20(27)26-10-8-16(9-11-26)28-15-4-2-1-3-5-15/h6-7,12-13,15-16,25H,1-5,8-11H2. The molecule has 1 amide bonds. The van der Waals surface area contributed by atoms with Crippen LogP contribution in [-0.4, -0.2) is 47.5 Å². The lowest BCUT2D eigenvalue weighted by molar-refractivity contribution is -0.274. The normalized spacial score (nSPS) is 19.6. The zero-order valence-electron chi connectivity index (χ0n) is 16.1. The van der Waals surface area contributed by atoms with Crippen molar-refractivity contribution < 1.29 is 27.4 Å². The fraction of sp³-hybridized carbons (Fsp3) is 0.571. The summed E-state index contributed by atoms with van der Waals surface area (Å²) in [5.74, 6) is -0.456. The van der Waals surface area contributed by atoms with E-state index in [0.717, 1.165) is 25.7 Å². The van der Waals surface area contributed by atoms with Gasteiger partial charge >= 0.3 is 6.36 Å². The molecule has 0 radical (unpaired) electrons. The zero-order chi connectivity index (χ0) is 20.4. The number of amides is 1. The van der Waals surface area contributed by atoms with E-state index in [4.69, 9.17) is 4.74 Å². The summed E-state index contributed by atoms with van der Waals surface area (Å²) in [4.78, 5) is 17.5. The highest BCUT2D eigenvalue weighted by Crippen LogP contribution is 2.28. The van der Waals surface area contributed by atoms with Crippen LogP contribution in [0.2, 0.25) is 0 Å². The highest BCUT2D eigenvalue weighted by Gasteiger charge is 2.31. The topological polar surface area (TPSA) is 54.6 Å². The molecule has 5 nitrogen and oxygen atoms in total. The maximum Gasteiger partial charge on any atom is 0.573 e. The Morgan fingerprint density at radius 1 is 1.00 bits per heavy atom. The number of H-pyrrole nitrogens is 1. The predicted molar refractivity (Wildman–Crippen MR) is 102 cm³/mol. The maximum absolute atomic E-state index is 12.8. The lowest BCUT2D eigenvalue weighted by Gasteiger charge is -2.34. The van der Waals surface area contributed by atoms with Crippen LogP contribution in [0.15, 0.2) is 24.3 Å². The smallest absolute Gasteiger partial charge is 0.406 e. The van der Waals surface area contributed by atoms with Gasteiger partial charge in [-0.2, -0.15) is 0 Å². The molecule has 1 saturated carbocycles. The van der Waals surface area contributed by atoms with E-state index in [-0.39, 0.29) is 17.8 Å². The Hall–Kier alpha value is -2.22. The van der Waals surface area contributed by atoms with Crippen LogP contribution in [0, 0.1) is 0 Å². The quantitative estimate of drug-likeness (QED) is 0.770. The van der Waals surface area contributed by atoms with Crippen LogP contribution in [0.5, 0.6) is 5.75 Å². The number of nitrogens with zero attached hydrogens (tertiary/aromatic N) is 1. The van der Waals surface area contributed by atoms with Crippen LogP contribution in [0.4, 0.5) is 13.2 Å². The molecule has 4 rings (SSSR count). The number of carbonyl (C=O) groups is 1. The number of aromatic amines is 1. The van der Waals surface area contributed by atoms with Crippen molar-refractivity contribution in [2.75, 3.05) is 13.1 Å². The molecule has 0 bridgehead atoms. The number of rotatable bonds is 4. The molecule has 2 heterocycles. The van der Waals surface area contributed by atoms with Crippen molar-refractivity contribution in [3.05, 3.63) is 30.0 Å². The number of ether oxygens (including phenoxy) is 2. The van der Waals surface area contributed by atoms with Crippen molar-refractivity contribution >= 4 is 16.8 Å². The van der Waals surface area contributed by atoms with Crippen molar-refractivity contribution in [2.24, 2.45) is 0 Å². The molecule has 1 aromatic carbocycles. The predicted octanol–water partition coefficient (Wildman–Crippen LogP) is 5.02. The Labute approximate surface area is 167 Å². The molecule has 1 aromatic heterocycles. The minimum absolute atomic E-state index is 0.143. The van der Waals surface area contributed by atoms with Crippen LogP contribution in [0.3, 0.4) is 0 Å². The fourth-order valence-electron chi connectivity index (χ4n) is 4.26. The summed E-state index contributed by atoms with van der Waals surface area (Å²) in [6.07, 6.45) is 3.46. The lowest BCUT2D eigenvalue weighted by atomic mass is 9.97. The van der Waals surface area contributed by atoms with Gasteiger partial charge < -0.3 is 19.4 Å². The van der Waals surface area contributed by atoms with Gasteiger partial charge in [-0.25, -0.2) is 0 Å². The van der Waals surface area contributed by atoms with Gasteiger partial charge in [0, 0.05) is 30.1 Å². The van der Waals surface area contributed by atoms with Crippen LogP contribution in [0.25, 0.3) is 10.9 Å². The van der Waals surface area contributed by atoms with Gasteiger partial charge in [0.25, 0.3) is 5.91 Å². The molecular formula is C21H25F3N2O3. The summed E-state index contributed by atoms with van der Waals surface area (Å²) in [6, 6.07) is 5.67. The number of hydrogen-bond acceptors (Lipinski definition) is 3. The van der Waals surface area contributed by atoms with E-state index in [1.807, 2.05) is 0 Å². The number of carbonyl (C=O) groups excluding carboxylic acids is 1. The summed E-state index contributed by atoms with van der Waals surface area (Å²) in [7, 11) is 0. The molecule has 0 atom stereocenters. The Bertz CT molecular complexity index is 850. The highest BCUT2D eigenvalue weighted by molar-refractivity contribution is 5.98. The molecule has 1 aliphatic carbocycles. The van der Waals surface area contributed by atoms with E-state index in [2.05, 4.69) is 9.72 Å². The lowest BCUT2D eigenvalue weighted by Crippen LogP contribution is -2.42. The molecule has 1 saturated heterocycles. The number of likely N-dealkylation sites (tertiary alicyclic amines) is 1. The van der Waals surface area contributed by atoms with Gasteiger partial charge in [-0.05, 0) is 43.9 Å². The van der Waals surface area contributed by atoms with Crippen LogP contribution in [-0.2, 0) is 4.74 Å². The SMILES string of the molecule is O=C(c1cc2ccc(OC(F)(F)F)cc2[nH]1)N1CCC(OC2CCCCC2)CC1. The number of nitrogens with one attached hydrogen (secondary N) is 1. The third-order valence-electron chi connectivity index (χ3n) is 5.72. The van der Waals surface area contributed by atoms with E-state index < -0.39 is 6.36 Å². The number of benzene rings is 1. The summed E-state index contributed by atoms with van der Waals surface area (Å²) >= 11 is 0. The first kappa shape index (κ1) is 20.1. The first-order valence-corrected chi connectivity index (χ1v) is 10.2. The first-order chi connectivity index (χ1) is 13.9. The average molecular weight is 410 g/mol. The molecule has 1 aliphatic heterocycles. The largest absolute Gasteiger partial charge is 0.573 e. The van der Waals surface area contributed by atoms with Crippen molar-refractivity contribution in [1.82, 2.24) is 9.88 Å². The molecule has 1 N–H and O–H groups in total. The molecular weight excluding hydrogens is 385 g/mol. The molecule has 8 heteroatoms. The number of fused-ring (bicyclic) bond motifs is 1. The third kappa shape index (κ3) is 5.04. The van der Waals surface area contributed by atoms with Crippen LogP contribution in [0.1, 0.15) is 55.4 Å². The zero-order valence-corrected chi connectivity index (χ0v) is 16.1. The van der Waals surface area contributed by atoms with E-state index in [1.165, 1.54) is 37.5 Å². The molecule has 158 valence electrons. The summed E-state index contributed by atoms with van der Waals surface area (Å²) in [5, 5.41) is 0.665. The minimum Gasteiger partial charge on any atom is -0.406 e. The summed E-state index contributed by atoms with van der Waals surface area (Å²) in [5.41, 5.74) is 0.807. The Morgan fingerprint density at radius 3 is 2.38 bits per heavy atom. The van der Waals surface area contributed by atoms with Crippen molar-refractivity contribution in [3.8, 4) is 5.75 Å². The Morgan fingerprint density at radius 2 is 1.69 bits per heavy atom. The monoisotopic (exact) mass is 410 g/mol. The molecule has 2 aliphatic rings. The van der Waals surface area contributed by atoms with Gasteiger partial charge in [0.15, 0.2) is 0 Å². The molecule has 2 fully saturated rings. The number of halogens is 3. The Kier molecular flexibility index (Phi) is 5.72. The van der Waals surface area contributed by atoms with Gasteiger partial charge in [-0.3, -0.25) is 4.79 Å². The second kappa shape index (κ2) is 8.26. The number of alkyl halides is 3.